The first kappa shape index (κ1) is 24.7. The van der Waals surface area contributed by atoms with Crippen LogP contribution < -0.4 is 14.4 Å². The van der Waals surface area contributed by atoms with Gasteiger partial charge in [-0.25, -0.2) is 8.42 Å². The molecule has 0 aliphatic carbocycles. The SMILES string of the molecule is CC[C@@H](NC(=O)CCCN(c1cccc(C)c1C)S(C)(=O)=O)c1ccc(OC)c(C)c1. The van der Waals surface area contributed by atoms with Crippen molar-refractivity contribution in [3.05, 3.63) is 58.7 Å². The molecule has 1 N–H and O–H groups in total. The molecular formula is C24H34N2O4S. The van der Waals surface area contributed by atoms with Gasteiger partial charge in [0.2, 0.25) is 15.9 Å². The van der Waals surface area contributed by atoms with Crippen LogP contribution in [0.1, 0.15) is 54.5 Å². The van der Waals surface area contributed by atoms with E-state index < -0.39 is 10.0 Å². The maximum absolute atomic E-state index is 12.6. The van der Waals surface area contributed by atoms with Crippen molar-refractivity contribution in [3.8, 4) is 5.75 Å². The zero-order valence-electron chi connectivity index (χ0n) is 19.4. The van der Waals surface area contributed by atoms with E-state index in [-0.39, 0.29) is 24.9 Å². The van der Waals surface area contributed by atoms with Crippen LogP contribution >= 0.6 is 0 Å². The number of sulfonamides is 1. The quantitative estimate of drug-likeness (QED) is 0.586. The molecule has 0 aliphatic heterocycles. The molecule has 170 valence electrons. The summed E-state index contributed by atoms with van der Waals surface area (Å²) in [4.78, 5) is 12.6. The van der Waals surface area contributed by atoms with Gasteiger partial charge in [-0.05, 0) is 68.0 Å². The lowest BCUT2D eigenvalue weighted by molar-refractivity contribution is -0.121. The van der Waals surface area contributed by atoms with Crippen LogP contribution in [-0.2, 0) is 14.8 Å². The van der Waals surface area contributed by atoms with Crippen molar-refractivity contribution in [2.75, 3.05) is 24.2 Å². The zero-order valence-corrected chi connectivity index (χ0v) is 20.2. The van der Waals surface area contributed by atoms with Crippen molar-refractivity contribution >= 4 is 21.6 Å². The molecule has 0 spiro atoms. The molecule has 0 heterocycles. The third-order valence-corrected chi connectivity index (χ3v) is 6.75. The monoisotopic (exact) mass is 446 g/mol. The maximum Gasteiger partial charge on any atom is 0.232 e. The van der Waals surface area contributed by atoms with Crippen LogP contribution in [0.15, 0.2) is 36.4 Å². The van der Waals surface area contributed by atoms with Crippen molar-refractivity contribution in [2.45, 2.75) is 53.0 Å². The summed E-state index contributed by atoms with van der Waals surface area (Å²) in [6.07, 6.45) is 2.65. The topological polar surface area (TPSA) is 75.7 Å². The number of carbonyl (C=O) groups is 1. The van der Waals surface area contributed by atoms with Gasteiger partial charge in [-0.1, -0.05) is 31.2 Å². The van der Waals surface area contributed by atoms with Gasteiger partial charge < -0.3 is 10.1 Å². The lowest BCUT2D eigenvalue weighted by atomic mass is 10.0. The average Bonchev–Trinajstić information content (AvgIpc) is 2.71. The number of anilines is 1. The molecule has 1 atom stereocenters. The highest BCUT2D eigenvalue weighted by Gasteiger charge is 2.20. The lowest BCUT2D eigenvalue weighted by Gasteiger charge is -2.25. The van der Waals surface area contributed by atoms with Crippen LogP contribution in [0.3, 0.4) is 0 Å². The summed E-state index contributed by atoms with van der Waals surface area (Å²) in [5.41, 5.74) is 4.68. The first-order valence-electron chi connectivity index (χ1n) is 10.6. The molecule has 0 unspecified atom stereocenters. The Bertz CT molecular complexity index is 1020. The molecule has 0 saturated carbocycles. The molecule has 0 aromatic heterocycles. The van der Waals surface area contributed by atoms with Gasteiger partial charge in [0.05, 0.1) is 25.1 Å². The Morgan fingerprint density at radius 1 is 1.13 bits per heavy atom. The number of nitrogens with zero attached hydrogens (tertiary/aromatic N) is 1. The molecule has 2 aromatic carbocycles. The second kappa shape index (κ2) is 10.7. The molecule has 0 radical (unpaired) electrons. The molecule has 0 saturated heterocycles. The molecule has 0 fully saturated rings. The maximum atomic E-state index is 12.6. The Hall–Kier alpha value is -2.54. The van der Waals surface area contributed by atoms with Gasteiger partial charge >= 0.3 is 0 Å². The number of hydrogen-bond donors (Lipinski definition) is 1. The molecule has 0 aliphatic rings. The second-order valence-electron chi connectivity index (χ2n) is 7.92. The van der Waals surface area contributed by atoms with Gasteiger partial charge in [-0.15, -0.1) is 0 Å². The van der Waals surface area contributed by atoms with Crippen molar-refractivity contribution in [1.82, 2.24) is 5.32 Å². The molecule has 2 aromatic rings. The molecular weight excluding hydrogens is 412 g/mol. The standard InChI is InChI=1S/C24H34N2O4S/c1-7-21(20-13-14-23(30-5)18(3)16-20)25-24(27)12-9-15-26(31(6,28)29)22-11-8-10-17(2)19(22)4/h8,10-11,13-14,16,21H,7,9,12,15H2,1-6H3,(H,25,27)/t21-/m1/s1. The number of rotatable bonds is 10. The number of methoxy groups -OCH3 is 1. The average molecular weight is 447 g/mol. The Morgan fingerprint density at radius 3 is 2.42 bits per heavy atom. The van der Waals surface area contributed by atoms with E-state index in [9.17, 15) is 13.2 Å². The highest BCUT2D eigenvalue weighted by molar-refractivity contribution is 7.92. The van der Waals surface area contributed by atoms with Crippen molar-refractivity contribution in [1.29, 1.82) is 0 Å². The van der Waals surface area contributed by atoms with Crippen LogP contribution in [0.2, 0.25) is 0 Å². The predicted octanol–water partition coefficient (Wildman–Crippen LogP) is 4.43. The molecule has 0 bridgehead atoms. The summed E-state index contributed by atoms with van der Waals surface area (Å²) in [5, 5.41) is 3.07. The van der Waals surface area contributed by atoms with E-state index in [1.54, 1.807) is 7.11 Å². The highest BCUT2D eigenvalue weighted by Crippen LogP contribution is 2.26. The van der Waals surface area contributed by atoms with E-state index in [1.807, 2.05) is 64.1 Å². The van der Waals surface area contributed by atoms with E-state index in [0.29, 0.717) is 12.1 Å². The van der Waals surface area contributed by atoms with Crippen LogP contribution in [0, 0.1) is 20.8 Å². The Labute approximate surface area is 186 Å². The van der Waals surface area contributed by atoms with Crippen molar-refractivity contribution < 1.29 is 17.9 Å². The van der Waals surface area contributed by atoms with Gasteiger partial charge in [0.1, 0.15) is 5.75 Å². The summed E-state index contributed by atoms with van der Waals surface area (Å²) >= 11 is 0. The summed E-state index contributed by atoms with van der Waals surface area (Å²) < 4.78 is 31.5. The molecule has 2 rings (SSSR count). The van der Waals surface area contributed by atoms with E-state index in [1.165, 1.54) is 10.6 Å². The van der Waals surface area contributed by atoms with Crippen molar-refractivity contribution in [3.63, 3.8) is 0 Å². The Morgan fingerprint density at radius 2 is 1.84 bits per heavy atom. The third-order valence-electron chi connectivity index (χ3n) is 5.57. The first-order chi connectivity index (χ1) is 14.6. The minimum absolute atomic E-state index is 0.0882. The fourth-order valence-corrected chi connectivity index (χ4v) is 4.68. The normalized spacial score (nSPS) is 12.3. The van der Waals surface area contributed by atoms with Crippen LogP contribution in [0.5, 0.6) is 5.75 Å². The summed E-state index contributed by atoms with van der Waals surface area (Å²) in [7, 11) is -1.81. The number of carbonyl (C=O) groups excluding carboxylic acids is 1. The van der Waals surface area contributed by atoms with Gasteiger partial charge in [0.15, 0.2) is 0 Å². The lowest BCUT2D eigenvalue weighted by Crippen LogP contribution is -2.33. The van der Waals surface area contributed by atoms with E-state index in [0.717, 1.165) is 34.4 Å². The van der Waals surface area contributed by atoms with Gasteiger partial charge in [0, 0.05) is 13.0 Å². The van der Waals surface area contributed by atoms with Gasteiger partial charge in [-0.3, -0.25) is 9.10 Å². The highest BCUT2D eigenvalue weighted by atomic mass is 32.2. The van der Waals surface area contributed by atoms with E-state index >= 15 is 0 Å². The summed E-state index contributed by atoms with van der Waals surface area (Å²) in [5.74, 6) is 0.729. The van der Waals surface area contributed by atoms with Gasteiger partial charge in [0.25, 0.3) is 0 Å². The van der Waals surface area contributed by atoms with Crippen molar-refractivity contribution in [2.24, 2.45) is 0 Å². The zero-order chi connectivity index (χ0) is 23.2. The number of benzene rings is 2. The summed E-state index contributed by atoms with van der Waals surface area (Å²) in [6, 6.07) is 11.4. The Balaban J connectivity index is 2.03. The van der Waals surface area contributed by atoms with Gasteiger partial charge in [-0.2, -0.15) is 0 Å². The number of nitrogens with one attached hydrogen (secondary N) is 1. The second-order valence-corrected chi connectivity index (χ2v) is 9.82. The molecule has 6 nitrogen and oxygen atoms in total. The largest absolute Gasteiger partial charge is 0.496 e. The van der Waals surface area contributed by atoms with Crippen LogP contribution in [-0.4, -0.2) is 34.2 Å². The Kier molecular flexibility index (Phi) is 8.51. The fourth-order valence-electron chi connectivity index (χ4n) is 3.66. The molecule has 7 heteroatoms. The van der Waals surface area contributed by atoms with Crippen LogP contribution in [0.25, 0.3) is 0 Å². The smallest absolute Gasteiger partial charge is 0.232 e. The number of hydrogen-bond acceptors (Lipinski definition) is 4. The summed E-state index contributed by atoms with van der Waals surface area (Å²) in [6.45, 7) is 8.13. The number of ether oxygens (including phenoxy) is 1. The first-order valence-corrected chi connectivity index (χ1v) is 12.4. The van der Waals surface area contributed by atoms with E-state index in [2.05, 4.69) is 5.32 Å². The number of amides is 1. The third kappa shape index (κ3) is 6.47. The van der Waals surface area contributed by atoms with E-state index in [4.69, 9.17) is 4.74 Å². The predicted molar refractivity (Wildman–Crippen MR) is 126 cm³/mol. The van der Waals surface area contributed by atoms with Crippen LogP contribution in [0.4, 0.5) is 5.69 Å². The number of aryl methyl sites for hydroxylation is 2. The fraction of sp³-hybridized carbons (Fsp3) is 0.458. The molecule has 31 heavy (non-hydrogen) atoms. The minimum atomic E-state index is -3.45. The minimum Gasteiger partial charge on any atom is -0.496 e. The molecule has 1 amide bonds.